The molecule has 0 aliphatic heterocycles. The van der Waals surface area contributed by atoms with Crippen molar-refractivity contribution >= 4 is 23.1 Å². The second kappa shape index (κ2) is 6.18. The van der Waals surface area contributed by atoms with Crippen LogP contribution in [0.5, 0.6) is 0 Å². The maximum atomic E-state index is 11.9. The number of imidazole rings is 1. The van der Waals surface area contributed by atoms with Crippen molar-refractivity contribution < 1.29 is 14.3 Å². The smallest absolute Gasteiger partial charge is 0.359 e. The number of nitrogens with one attached hydrogen (secondary N) is 1. The van der Waals surface area contributed by atoms with Gasteiger partial charge >= 0.3 is 5.97 Å². The van der Waals surface area contributed by atoms with Crippen LogP contribution in [0.4, 0.5) is 0 Å². The van der Waals surface area contributed by atoms with Crippen LogP contribution >= 0.6 is 0 Å². The van der Waals surface area contributed by atoms with E-state index in [2.05, 4.69) is 4.98 Å². The second-order valence-corrected chi connectivity index (χ2v) is 4.88. The van der Waals surface area contributed by atoms with E-state index in [9.17, 15) is 9.59 Å². The largest absolute Gasteiger partial charge is 0.453 e. The van der Waals surface area contributed by atoms with Crippen LogP contribution in [0, 0.1) is 29.6 Å². The molecule has 2 aromatic heterocycles. The van der Waals surface area contributed by atoms with Crippen molar-refractivity contribution in [3.8, 4) is 6.07 Å². The number of ketones is 1. The first-order chi connectivity index (χ1) is 10.4. The van der Waals surface area contributed by atoms with Gasteiger partial charge in [0.1, 0.15) is 11.6 Å². The van der Waals surface area contributed by atoms with Gasteiger partial charge in [0.15, 0.2) is 18.1 Å². The number of fused-ring (bicyclic) bond motifs is 1. The lowest BCUT2D eigenvalue weighted by molar-refractivity contribution is -0.122. The molecule has 7 nitrogen and oxygen atoms in total. The molecule has 0 bridgehead atoms. The number of hydrogen-bond acceptors (Lipinski definition) is 6. The fourth-order valence-corrected chi connectivity index (χ4v) is 1.89. The number of carbonyl (C=O) groups is 2. The number of aryl methyl sites for hydroxylation is 1. The molecule has 0 aliphatic rings. The van der Waals surface area contributed by atoms with Crippen molar-refractivity contribution in [2.45, 2.75) is 13.8 Å². The molecule has 0 unspecified atom stereocenters. The van der Waals surface area contributed by atoms with E-state index in [0.29, 0.717) is 5.65 Å². The molecular formula is C15H14N4O3. The van der Waals surface area contributed by atoms with E-state index >= 15 is 0 Å². The third-order valence-electron chi connectivity index (χ3n) is 3.05. The summed E-state index contributed by atoms with van der Waals surface area (Å²) in [5, 5.41) is 16.1. The number of ether oxygens (including phenoxy) is 1. The van der Waals surface area contributed by atoms with Crippen molar-refractivity contribution in [1.29, 1.82) is 10.7 Å². The average molecular weight is 298 g/mol. The van der Waals surface area contributed by atoms with Gasteiger partial charge < -0.3 is 14.5 Å². The average Bonchev–Trinajstić information content (AvgIpc) is 2.88. The van der Waals surface area contributed by atoms with Crippen LogP contribution in [-0.2, 0) is 9.53 Å². The van der Waals surface area contributed by atoms with Crippen molar-refractivity contribution in [2.24, 2.45) is 5.92 Å². The zero-order valence-electron chi connectivity index (χ0n) is 12.2. The molecule has 1 atom stereocenters. The summed E-state index contributed by atoms with van der Waals surface area (Å²) in [6.45, 7) is 2.71. The van der Waals surface area contributed by atoms with Crippen LogP contribution in [0.3, 0.4) is 0 Å². The van der Waals surface area contributed by atoms with Gasteiger partial charge in [0.05, 0.1) is 6.07 Å². The van der Waals surface area contributed by atoms with Gasteiger partial charge in [-0.3, -0.25) is 4.79 Å². The number of esters is 1. The van der Waals surface area contributed by atoms with E-state index in [0.717, 1.165) is 5.56 Å². The number of nitriles is 1. The van der Waals surface area contributed by atoms with E-state index in [1.807, 2.05) is 19.1 Å². The molecule has 0 saturated heterocycles. The summed E-state index contributed by atoms with van der Waals surface area (Å²) in [5.74, 6) is -2.55. The quantitative estimate of drug-likeness (QED) is 0.665. The maximum Gasteiger partial charge on any atom is 0.359 e. The number of hydrogen-bond donors (Lipinski definition) is 1. The van der Waals surface area contributed by atoms with Gasteiger partial charge in [-0.15, -0.1) is 0 Å². The van der Waals surface area contributed by atoms with Crippen molar-refractivity contribution in [3.63, 3.8) is 0 Å². The fourth-order valence-electron chi connectivity index (χ4n) is 1.89. The molecule has 112 valence electrons. The Morgan fingerprint density at radius 1 is 1.55 bits per heavy atom. The third-order valence-corrected chi connectivity index (χ3v) is 3.05. The predicted octanol–water partition coefficient (Wildman–Crippen LogP) is 1.55. The van der Waals surface area contributed by atoms with Crippen LogP contribution < -0.4 is 0 Å². The Bertz CT molecular complexity index is 801. The fraction of sp³-hybridized carbons (Fsp3) is 0.267. The molecule has 2 rings (SSSR count). The van der Waals surface area contributed by atoms with Crippen molar-refractivity contribution in [1.82, 2.24) is 9.38 Å². The minimum absolute atomic E-state index is 0.0771. The molecular weight excluding hydrogens is 284 g/mol. The van der Waals surface area contributed by atoms with E-state index in [-0.39, 0.29) is 11.4 Å². The summed E-state index contributed by atoms with van der Waals surface area (Å²) in [5.41, 5.74) is 1.61. The van der Waals surface area contributed by atoms with E-state index < -0.39 is 24.3 Å². The minimum Gasteiger partial charge on any atom is -0.453 e. The number of carbonyl (C=O) groups excluding carboxylic acids is 2. The highest BCUT2D eigenvalue weighted by atomic mass is 16.5. The Morgan fingerprint density at radius 3 is 2.91 bits per heavy atom. The number of pyridine rings is 1. The van der Waals surface area contributed by atoms with Crippen LogP contribution in [-0.4, -0.2) is 33.5 Å². The summed E-state index contributed by atoms with van der Waals surface area (Å²) in [7, 11) is 0. The Hall–Kier alpha value is -3.01. The Labute approximate surface area is 126 Å². The highest BCUT2D eigenvalue weighted by molar-refractivity contribution is 6.06. The molecule has 1 N–H and O–H groups in total. The van der Waals surface area contributed by atoms with Gasteiger partial charge in [-0.1, -0.05) is 0 Å². The van der Waals surface area contributed by atoms with E-state index in [4.69, 9.17) is 15.4 Å². The molecule has 2 aromatic rings. The van der Waals surface area contributed by atoms with E-state index in [1.54, 1.807) is 16.7 Å². The molecule has 0 fully saturated rings. The Balaban J connectivity index is 2.07. The van der Waals surface area contributed by atoms with Crippen molar-refractivity contribution in [2.75, 3.05) is 6.61 Å². The number of aromatic nitrogens is 2. The van der Waals surface area contributed by atoms with Crippen LogP contribution in [0.1, 0.15) is 23.0 Å². The van der Waals surface area contributed by atoms with Crippen LogP contribution in [0.25, 0.3) is 5.65 Å². The van der Waals surface area contributed by atoms with Gasteiger partial charge in [0.25, 0.3) is 0 Å². The summed E-state index contributed by atoms with van der Waals surface area (Å²) in [4.78, 5) is 27.7. The number of Topliss-reactive ketones (excluding diaryl/α,β-unsaturated/α-hetero) is 1. The Kier molecular flexibility index (Phi) is 4.32. The molecule has 0 spiro atoms. The van der Waals surface area contributed by atoms with Gasteiger partial charge in [0, 0.05) is 18.1 Å². The summed E-state index contributed by atoms with van der Waals surface area (Å²) in [6.07, 6.45) is 3.27. The third kappa shape index (κ3) is 3.17. The number of nitrogens with zero attached hydrogens (tertiary/aromatic N) is 3. The topological polar surface area (TPSA) is 108 Å². The lowest BCUT2D eigenvalue weighted by atomic mass is 10.0. The molecule has 22 heavy (non-hydrogen) atoms. The summed E-state index contributed by atoms with van der Waals surface area (Å²) in [6, 6.07) is 5.39. The SMILES string of the molecule is CC(=N)[C@@H](C#N)C(=O)COC(=O)c1cn2ccc(C)cc2n1. The standard InChI is InChI=1S/C15H14N4O3/c1-9-3-4-19-7-12(18-14(19)5-9)15(21)22-8-13(20)11(6-16)10(2)17/h3-5,7,11,17H,8H2,1-2H3/t11-/m1/s1. The first kappa shape index (κ1) is 15.4. The number of rotatable bonds is 5. The lowest BCUT2D eigenvalue weighted by Gasteiger charge is -2.06. The Morgan fingerprint density at radius 2 is 2.27 bits per heavy atom. The molecule has 7 heteroatoms. The molecule has 0 aromatic carbocycles. The normalized spacial score (nSPS) is 11.7. The predicted molar refractivity (Wildman–Crippen MR) is 77.7 cm³/mol. The first-order valence-electron chi connectivity index (χ1n) is 6.52. The lowest BCUT2D eigenvalue weighted by Crippen LogP contribution is -2.25. The van der Waals surface area contributed by atoms with Gasteiger partial charge in [-0.05, 0) is 31.5 Å². The first-order valence-corrected chi connectivity index (χ1v) is 6.52. The minimum atomic E-state index is -1.18. The van der Waals surface area contributed by atoms with Gasteiger partial charge in [0.2, 0.25) is 0 Å². The van der Waals surface area contributed by atoms with Crippen LogP contribution in [0.15, 0.2) is 24.5 Å². The molecule has 2 heterocycles. The highest BCUT2D eigenvalue weighted by Gasteiger charge is 2.22. The zero-order valence-corrected chi connectivity index (χ0v) is 12.2. The van der Waals surface area contributed by atoms with Crippen LogP contribution in [0.2, 0.25) is 0 Å². The summed E-state index contributed by atoms with van der Waals surface area (Å²) < 4.78 is 6.54. The second-order valence-electron chi connectivity index (χ2n) is 4.88. The molecule has 0 saturated carbocycles. The maximum absolute atomic E-state index is 11.9. The molecule has 0 radical (unpaired) electrons. The monoisotopic (exact) mass is 298 g/mol. The highest BCUT2D eigenvalue weighted by Crippen LogP contribution is 2.09. The van der Waals surface area contributed by atoms with Crippen molar-refractivity contribution in [3.05, 3.63) is 35.8 Å². The van der Waals surface area contributed by atoms with Gasteiger partial charge in [-0.2, -0.15) is 5.26 Å². The van der Waals surface area contributed by atoms with E-state index in [1.165, 1.54) is 13.1 Å². The molecule has 0 aliphatic carbocycles. The zero-order chi connectivity index (χ0) is 16.3. The van der Waals surface area contributed by atoms with Gasteiger partial charge in [-0.25, -0.2) is 9.78 Å². The molecule has 0 amide bonds. The summed E-state index contributed by atoms with van der Waals surface area (Å²) >= 11 is 0.